The number of piperidine rings is 1. The Balaban J connectivity index is 1.78. The lowest BCUT2D eigenvalue weighted by atomic mass is 9.79. The van der Waals surface area contributed by atoms with Gasteiger partial charge in [-0.3, -0.25) is 4.79 Å². The molecule has 0 unspecified atom stereocenters. The topological polar surface area (TPSA) is 83.6 Å². The van der Waals surface area contributed by atoms with E-state index >= 15 is 0 Å². The molecule has 2 atom stereocenters. The Morgan fingerprint density at radius 1 is 1.19 bits per heavy atom. The number of aromatic nitrogens is 4. The van der Waals surface area contributed by atoms with E-state index in [9.17, 15) is 4.79 Å². The zero-order valence-corrected chi connectivity index (χ0v) is 16.6. The minimum atomic E-state index is -0.0798. The summed E-state index contributed by atoms with van der Waals surface area (Å²) in [5.41, 5.74) is 2.65. The van der Waals surface area contributed by atoms with Crippen molar-refractivity contribution in [3.05, 3.63) is 41.2 Å². The lowest BCUT2D eigenvalue weighted by Gasteiger charge is -2.25. The number of aromatic amines is 1. The third-order valence-corrected chi connectivity index (χ3v) is 5.69. The fourth-order valence-electron chi connectivity index (χ4n) is 4.21. The lowest BCUT2D eigenvalue weighted by molar-refractivity contribution is -0.122. The maximum absolute atomic E-state index is 12.4. The number of hydrogen-bond acceptors (Lipinski definition) is 5. The Morgan fingerprint density at radius 2 is 1.89 bits per heavy atom. The highest BCUT2D eigenvalue weighted by Crippen LogP contribution is 2.32. The molecule has 1 fully saturated rings. The van der Waals surface area contributed by atoms with Gasteiger partial charge in [0.2, 0.25) is 0 Å². The fraction of sp³-hybridized carbons (Fsp3) is 0.619. The van der Waals surface area contributed by atoms with Crippen molar-refractivity contribution in [1.82, 2.24) is 25.9 Å². The monoisotopic (exact) mass is 369 g/mol. The van der Waals surface area contributed by atoms with E-state index in [1.807, 2.05) is 0 Å². The van der Waals surface area contributed by atoms with E-state index in [1.165, 1.54) is 24.0 Å². The molecule has 6 nitrogen and oxygen atoms in total. The number of carbonyl (C=O) groups is 1. The van der Waals surface area contributed by atoms with E-state index in [0.29, 0.717) is 17.7 Å². The second-order valence-corrected chi connectivity index (χ2v) is 8.21. The highest BCUT2D eigenvalue weighted by molar-refractivity contribution is 5.79. The van der Waals surface area contributed by atoms with E-state index in [-0.39, 0.29) is 17.6 Å². The lowest BCUT2D eigenvalue weighted by Crippen LogP contribution is -2.26. The van der Waals surface area contributed by atoms with Crippen LogP contribution in [0.1, 0.15) is 68.8 Å². The van der Waals surface area contributed by atoms with Gasteiger partial charge in [0.05, 0.1) is 0 Å². The number of nitrogens with zero attached hydrogens (tertiary/aromatic N) is 3. The van der Waals surface area contributed by atoms with Crippen LogP contribution in [0.3, 0.4) is 0 Å². The quantitative estimate of drug-likeness (QED) is 0.746. The van der Waals surface area contributed by atoms with Crippen LogP contribution in [0.2, 0.25) is 0 Å². The van der Waals surface area contributed by atoms with Gasteiger partial charge >= 0.3 is 0 Å². The zero-order valence-electron chi connectivity index (χ0n) is 16.6. The van der Waals surface area contributed by atoms with Crippen molar-refractivity contribution in [2.45, 2.75) is 58.3 Å². The van der Waals surface area contributed by atoms with Gasteiger partial charge in [-0.25, -0.2) is 5.10 Å². The average Bonchev–Trinajstić information content (AvgIpc) is 3.20. The molecule has 0 radical (unpaired) electrons. The summed E-state index contributed by atoms with van der Waals surface area (Å²) in [6.07, 6.45) is 4.01. The molecule has 146 valence electrons. The summed E-state index contributed by atoms with van der Waals surface area (Å²) >= 11 is 0. The van der Waals surface area contributed by atoms with Gasteiger partial charge in [0, 0.05) is 11.8 Å². The van der Waals surface area contributed by atoms with Crippen molar-refractivity contribution in [1.29, 1.82) is 0 Å². The SMILES string of the molecule is CC(=O)[C@@H](CC(C)C)[C@H](Cc1ccc(C2CCNCC2)cc1)c1nnn[nH]1. The number of rotatable bonds is 8. The van der Waals surface area contributed by atoms with Crippen LogP contribution in [0.15, 0.2) is 24.3 Å². The van der Waals surface area contributed by atoms with E-state index in [4.69, 9.17) is 0 Å². The molecular formula is C21H31N5O. The first-order valence-electron chi connectivity index (χ1n) is 10.1. The van der Waals surface area contributed by atoms with Gasteiger partial charge in [0.15, 0.2) is 5.82 Å². The average molecular weight is 370 g/mol. The summed E-state index contributed by atoms with van der Waals surface area (Å²) in [6.45, 7) is 8.19. The molecule has 1 aromatic carbocycles. The molecule has 6 heteroatoms. The van der Waals surface area contributed by atoms with Crippen LogP contribution in [0, 0.1) is 11.8 Å². The van der Waals surface area contributed by atoms with Gasteiger partial charge in [-0.05, 0) is 79.1 Å². The Kier molecular flexibility index (Phi) is 6.72. The molecule has 0 amide bonds. The van der Waals surface area contributed by atoms with Crippen molar-refractivity contribution in [3.8, 4) is 0 Å². The van der Waals surface area contributed by atoms with Crippen molar-refractivity contribution < 1.29 is 4.79 Å². The number of hydrogen-bond donors (Lipinski definition) is 2. The van der Waals surface area contributed by atoms with Crippen LogP contribution in [0.4, 0.5) is 0 Å². The zero-order chi connectivity index (χ0) is 19.2. The molecule has 2 heterocycles. The van der Waals surface area contributed by atoms with Gasteiger partial charge in [0.25, 0.3) is 0 Å². The fourth-order valence-corrected chi connectivity index (χ4v) is 4.21. The third kappa shape index (κ3) is 5.22. The second kappa shape index (κ2) is 9.22. The van der Waals surface area contributed by atoms with Gasteiger partial charge in [-0.2, -0.15) is 0 Å². The number of benzene rings is 1. The standard InChI is InChI=1S/C21H31N5O/c1-14(2)12-19(15(3)27)20(21-23-25-26-24-21)13-16-4-6-17(7-5-16)18-8-10-22-11-9-18/h4-7,14,18-20,22H,8-13H2,1-3H3,(H,23,24,25,26)/t19-,20+/m1/s1. The molecule has 0 saturated carbocycles. The molecule has 1 saturated heterocycles. The Hall–Kier alpha value is -2.08. The second-order valence-electron chi connectivity index (χ2n) is 8.21. The maximum Gasteiger partial charge on any atom is 0.152 e. The molecule has 0 aliphatic carbocycles. The summed E-state index contributed by atoms with van der Waals surface area (Å²) < 4.78 is 0. The molecule has 1 aliphatic heterocycles. The molecule has 0 bridgehead atoms. The molecule has 2 N–H and O–H groups in total. The largest absolute Gasteiger partial charge is 0.317 e. The predicted molar refractivity (Wildman–Crippen MR) is 106 cm³/mol. The number of Topliss-reactive ketones (excluding diaryl/α,β-unsaturated/α-hetero) is 1. The van der Waals surface area contributed by atoms with Crippen LogP contribution >= 0.6 is 0 Å². The van der Waals surface area contributed by atoms with E-state index in [1.54, 1.807) is 6.92 Å². The minimum absolute atomic E-state index is 0.0235. The summed E-state index contributed by atoms with van der Waals surface area (Å²) in [4.78, 5) is 12.4. The Morgan fingerprint density at radius 3 is 2.44 bits per heavy atom. The summed E-state index contributed by atoms with van der Waals surface area (Å²) in [5.74, 6) is 1.91. The first-order chi connectivity index (χ1) is 13.0. The number of nitrogens with one attached hydrogen (secondary N) is 2. The molecular weight excluding hydrogens is 338 g/mol. The van der Waals surface area contributed by atoms with E-state index < -0.39 is 0 Å². The van der Waals surface area contributed by atoms with Crippen LogP contribution in [-0.4, -0.2) is 39.5 Å². The van der Waals surface area contributed by atoms with Crippen LogP contribution in [0.25, 0.3) is 0 Å². The molecule has 1 aromatic heterocycles. The van der Waals surface area contributed by atoms with E-state index in [0.717, 1.165) is 25.9 Å². The normalized spacial score (nSPS) is 17.8. The third-order valence-electron chi connectivity index (χ3n) is 5.69. The summed E-state index contributed by atoms with van der Waals surface area (Å²) in [7, 11) is 0. The summed E-state index contributed by atoms with van der Waals surface area (Å²) in [5, 5.41) is 17.9. The van der Waals surface area contributed by atoms with Crippen LogP contribution in [-0.2, 0) is 11.2 Å². The van der Waals surface area contributed by atoms with Gasteiger partial charge < -0.3 is 5.32 Å². The summed E-state index contributed by atoms with van der Waals surface area (Å²) in [6, 6.07) is 8.93. The van der Waals surface area contributed by atoms with Crippen molar-refractivity contribution in [2.24, 2.45) is 11.8 Å². The number of carbonyl (C=O) groups excluding carboxylic acids is 1. The van der Waals surface area contributed by atoms with E-state index in [2.05, 4.69) is 64.1 Å². The number of H-pyrrole nitrogens is 1. The molecule has 27 heavy (non-hydrogen) atoms. The van der Waals surface area contributed by atoms with Crippen molar-refractivity contribution in [2.75, 3.05) is 13.1 Å². The highest BCUT2D eigenvalue weighted by atomic mass is 16.1. The van der Waals surface area contributed by atoms with Crippen molar-refractivity contribution in [3.63, 3.8) is 0 Å². The van der Waals surface area contributed by atoms with Crippen LogP contribution < -0.4 is 5.32 Å². The number of ketones is 1. The Bertz CT molecular complexity index is 705. The van der Waals surface area contributed by atoms with Crippen molar-refractivity contribution >= 4 is 5.78 Å². The molecule has 0 spiro atoms. The van der Waals surface area contributed by atoms with Crippen LogP contribution in [0.5, 0.6) is 0 Å². The Labute approximate surface area is 161 Å². The smallest absolute Gasteiger partial charge is 0.152 e. The molecule has 1 aliphatic rings. The minimum Gasteiger partial charge on any atom is -0.317 e. The molecule has 2 aromatic rings. The first kappa shape index (κ1) is 19.7. The van der Waals surface area contributed by atoms with Gasteiger partial charge in [-0.1, -0.05) is 38.1 Å². The maximum atomic E-state index is 12.4. The van der Waals surface area contributed by atoms with Gasteiger partial charge in [0.1, 0.15) is 5.78 Å². The molecule has 3 rings (SSSR count). The van der Waals surface area contributed by atoms with Gasteiger partial charge in [-0.15, -0.1) is 5.10 Å². The number of tetrazole rings is 1. The first-order valence-corrected chi connectivity index (χ1v) is 10.1. The highest BCUT2D eigenvalue weighted by Gasteiger charge is 2.30. The predicted octanol–water partition coefficient (Wildman–Crippen LogP) is 3.24.